The molecule has 132 valence electrons. The van der Waals surface area contributed by atoms with Crippen LogP contribution in [0.4, 0.5) is 0 Å². The van der Waals surface area contributed by atoms with Gasteiger partial charge in [-0.1, -0.05) is 25.1 Å². The summed E-state index contributed by atoms with van der Waals surface area (Å²) in [6, 6.07) is 9.52. The van der Waals surface area contributed by atoms with E-state index in [1.807, 2.05) is 35.2 Å². The van der Waals surface area contributed by atoms with E-state index in [1.165, 1.54) is 0 Å². The number of hydrogen-bond acceptors (Lipinski definition) is 4. The molecule has 2 saturated heterocycles. The highest BCUT2D eigenvalue weighted by Crippen LogP contribution is 2.43. The molecule has 0 bridgehead atoms. The molecular formula is C19H28N2O3. The molecule has 5 nitrogen and oxygen atoms in total. The molecule has 2 atom stereocenters. The van der Waals surface area contributed by atoms with Crippen LogP contribution >= 0.6 is 0 Å². The van der Waals surface area contributed by atoms with Gasteiger partial charge in [0.25, 0.3) is 5.91 Å². The van der Waals surface area contributed by atoms with Crippen molar-refractivity contribution >= 4 is 5.91 Å². The highest BCUT2D eigenvalue weighted by atomic mass is 16.5. The van der Waals surface area contributed by atoms with E-state index < -0.39 is 0 Å². The lowest BCUT2D eigenvalue weighted by Crippen LogP contribution is -2.39. The number of methoxy groups -OCH3 is 1. The second-order valence-electron chi connectivity index (χ2n) is 7.01. The summed E-state index contributed by atoms with van der Waals surface area (Å²) >= 11 is 0. The number of carbonyl (C=O) groups excluding carboxylic acids is 1. The fourth-order valence-electron chi connectivity index (χ4n) is 4.14. The van der Waals surface area contributed by atoms with Crippen LogP contribution in [0.3, 0.4) is 0 Å². The summed E-state index contributed by atoms with van der Waals surface area (Å²) in [5, 5.41) is 0. The van der Waals surface area contributed by atoms with Crippen molar-refractivity contribution in [1.82, 2.24) is 9.80 Å². The Morgan fingerprint density at radius 3 is 2.79 bits per heavy atom. The standard InChI is InChI=1S/C19H28N2O3/c1-3-20-11-16(12-23-2)19(14-20)9-10-21(15-19)18(22)13-24-17-7-5-4-6-8-17/h4-8,16H,3,9-15H2,1-2H3/t16-,19+/m0/s1. The molecule has 0 radical (unpaired) electrons. The minimum atomic E-state index is 0.0850. The average Bonchev–Trinajstić information content (AvgIpc) is 3.19. The molecule has 0 saturated carbocycles. The minimum absolute atomic E-state index is 0.0850. The zero-order chi connectivity index (χ0) is 17.0. The summed E-state index contributed by atoms with van der Waals surface area (Å²) < 4.78 is 11.1. The monoisotopic (exact) mass is 332 g/mol. The van der Waals surface area contributed by atoms with Crippen molar-refractivity contribution in [2.45, 2.75) is 13.3 Å². The van der Waals surface area contributed by atoms with Gasteiger partial charge in [-0.25, -0.2) is 0 Å². The maximum absolute atomic E-state index is 12.5. The van der Waals surface area contributed by atoms with Gasteiger partial charge in [0.1, 0.15) is 5.75 Å². The number of nitrogens with zero attached hydrogens (tertiary/aromatic N) is 2. The van der Waals surface area contributed by atoms with Crippen LogP contribution in [-0.4, -0.2) is 68.8 Å². The summed E-state index contributed by atoms with van der Waals surface area (Å²) in [4.78, 5) is 17.0. The largest absolute Gasteiger partial charge is 0.484 e. The van der Waals surface area contributed by atoms with Gasteiger partial charge in [-0.15, -0.1) is 0 Å². The van der Waals surface area contributed by atoms with Crippen molar-refractivity contribution < 1.29 is 14.3 Å². The van der Waals surface area contributed by atoms with Crippen molar-refractivity contribution in [3.63, 3.8) is 0 Å². The highest BCUT2D eigenvalue weighted by Gasteiger charge is 2.50. The van der Waals surface area contributed by atoms with Crippen LogP contribution in [-0.2, 0) is 9.53 Å². The third kappa shape index (κ3) is 3.57. The maximum atomic E-state index is 12.5. The molecule has 0 N–H and O–H groups in total. The van der Waals surface area contributed by atoms with Crippen molar-refractivity contribution in [2.75, 3.05) is 53.0 Å². The Hall–Kier alpha value is -1.59. The number of ether oxygens (including phenoxy) is 2. The topological polar surface area (TPSA) is 42.0 Å². The number of carbonyl (C=O) groups is 1. The van der Waals surface area contributed by atoms with Crippen molar-refractivity contribution in [3.8, 4) is 5.75 Å². The van der Waals surface area contributed by atoms with Crippen LogP contribution in [0.2, 0.25) is 0 Å². The van der Waals surface area contributed by atoms with Gasteiger partial charge in [0.2, 0.25) is 0 Å². The molecule has 0 aliphatic carbocycles. The normalized spacial score (nSPS) is 27.1. The molecule has 1 amide bonds. The zero-order valence-electron chi connectivity index (χ0n) is 14.7. The van der Waals surface area contributed by atoms with Gasteiger partial charge < -0.3 is 19.3 Å². The van der Waals surface area contributed by atoms with E-state index in [4.69, 9.17) is 9.47 Å². The van der Waals surface area contributed by atoms with Crippen LogP contribution in [0.25, 0.3) is 0 Å². The summed E-state index contributed by atoms with van der Waals surface area (Å²) in [5.74, 6) is 1.34. The second kappa shape index (κ2) is 7.53. The number of rotatable bonds is 6. The SMILES string of the molecule is CCN1C[C@@H](COC)[C@]2(CCN(C(=O)COc3ccccc3)C2)C1. The Balaban J connectivity index is 1.58. The minimum Gasteiger partial charge on any atom is -0.484 e. The second-order valence-corrected chi connectivity index (χ2v) is 7.01. The molecule has 3 rings (SSSR count). The predicted molar refractivity (Wildman–Crippen MR) is 93.0 cm³/mol. The highest BCUT2D eigenvalue weighted by molar-refractivity contribution is 5.78. The first-order chi connectivity index (χ1) is 11.7. The van der Waals surface area contributed by atoms with Gasteiger partial charge in [0.05, 0.1) is 6.61 Å². The molecule has 2 heterocycles. The molecule has 0 aromatic heterocycles. The van der Waals surface area contributed by atoms with Gasteiger partial charge in [-0.2, -0.15) is 0 Å². The molecule has 24 heavy (non-hydrogen) atoms. The Bertz CT molecular complexity index is 551. The Kier molecular flexibility index (Phi) is 5.41. The molecule has 1 spiro atoms. The molecule has 5 heteroatoms. The molecule has 1 aromatic carbocycles. The molecule has 2 aliphatic heterocycles. The van der Waals surface area contributed by atoms with Crippen molar-refractivity contribution in [3.05, 3.63) is 30.3 Å². The van der Waals surface area contributed by atoms with Gasteiger partial charge in [-0.05, 0) is 25.1 Å². The first kappa shape index (κ1) is 17.2. The quantitative estimate of drug-likeness (QED) is 0.798. The lowest BCUT2D eigenvalue weighted by Gasteiger charge is -2.30. The Labute approximate surface area is 144 Å². The van der Waals surface area contributed by atoms with Gasteiger partial charge >= 0.3 is 0 Å². The summed E-state index contributed by atoms with van der Waals surface area (Å²) in [6.45, 7) is 7.96. The van der Waals surface area contributed by atoms with Crippen LogP contribution in [0, 0.1) is 11.3 Å². The van der Waals surface area contributed by atoms with Crippen molar-refractivity contribution in [1.29, 1.82) is 0 Å². The summed E-state index contributed by atoms with van der Waals surface area (Å²) in [7, 11) is 1.77. The lowest BCUT2D eigenvalue weighted by molar-refractivity contribution is -0.132. The van der Waals surface area contributed by atoms with Crippen LogP contribution in [0.1, 0.15) is 13.3 Å². The fourth-order valence-corrected chi connectivity index (χ4v) is 4.14. The van der Waals surface area contributed by atoms with E-state index in [0.29, 0.717) is 5.92 Å². The number of hydrogen-bond donors (Lipinski definition) is 0. The van der Waals surface area contributed by atoms with E-state index in [-0.39, 0.29) is 17.9 Å². The van der Waals surface area contributed by atoms with Crippen molar-refractivity contribution in [2.24, 2.45) is 11.3 Å². The van der Waals surface area contributed by atoms with Gasteiger partial charge in [-0.3, -0.25) is 4.79 Å². The number of likely N-dealkylation sites (tertiary alicyclic amines) is 2. The van der Waals surface area contributed by atoms with Crippen LogP contribution < -0.4 is 4.74 Å². The van der Waals surface area contributed by atoms with Gasteiger partial charge in [0.15, 0.2) is 6.61 Å². The lowest BCUT2D eigenvalue weighted by atomic mass is 9.78. The van der Waals surface area contributed by atoms with E-state index in [9.17, 15) is 4.79 Å². The van der Waals surface area contributed by atoms with Crippen LogP contribution in [0.15, 0.2) is 30.3 Å². The van der Waals surface area contributed by atoms with E-state index in [0.717, 1.165) is 51.5 Å². The molecule has 2 aliphatic rings. The molecule has 2 fully saturated rings. The average molecular weight is 332 g/mol. The third-order valence-electron chi connectivity index (χ3n) is 5.54. The number of amides is 1. The summed E-state index contributed by atoms with van der Waals surface area (Å²) in [5.41, 5.74) is 0.189. The predicted octanol–water partition coefficient (Wildman–Crippen LogP) is 1.88. The number of benzene rings is 1. The summed E-state index contributed by atoms with van der Waals surface area (Å²) in [6.07, 6.45) is 1.06. The molecular weight excluding hydrogens is 304 g/mol. The third-order valence-corrected chi connectivity index (χ3v) is 5.54. The van der Waals surface area contributed by atoms with E-state index >= 15 is 0 Å². The Morgan fingerprint density at radius 1 is 1.29 bits per heavy atom. The molecule has 1 aromatic rings. The maximum Gasteiger partial charge on any atom is 0.260 e. The fraction of sp³-hybridized carbons (Fsp3) is 0.632. The van der Waals surface area contributed by atoms with Gasteiger partial charge in [0, 0.05) is 44.6 Å². The first-order valence-electron chi connectivity index (χ1n) is 8.84. The van der Waals surface area contributed by atoms with E-state index in [2.05, 4.69) is 11.8 Å². The zero-order valence-corrected chi connectivity index (χ0v) is 14.7. The Morgan fingerprint density at radius 2 is 2.08 bits per heavy atom. The first-order valence-corrected chi connectivity index (χ1v) is 8.84. The van der Waals surface area contributed by atoms with Crippen LogP contribution in [0.5, 0.6) is 5.75 Å². The van der Waals surface area contributed by atoms with E-state index in [1.54, 1.807) is 7.11 Å². The number of para-hydroxylation sites is 1. The molecule has 0 unspecified atom stereocenters. The smallest absolute Gasteiger partial charge is 0.260 e.